The van der Waals surface area contributed by atoms with Crippen LogP contribution in [0.3, 0.4) is 0 Å². The van der Waals surface area contributed by atoms with Gasteiger partial charge in [0, 0.05) is 44.7 Å². The molecule has 7 nitrogen and oxygen atoms in total. The molecule has 2 heterocycles. The predicted molar refractivity (Wildman–Crippen MR) is 116 cm³/mol. The Hall–Kier alpha value is -2.19. The van der Waals surface area contributed by atoms with Crippen LogP contribution in [0.25, 0.3) is 11.4 Å². The van der Waals surface area contributed by atoms with Crippen molar-refractivity contribution >= 4 is 18.1 Å². The van der Waals surface area contributed by atoms with Crippen LogP contribution in [0, 0.1) is 16.6 Å². The average molecular weight is 418 g/mol. The molecule has 8 heteroatoms. The fourth-order valence-corrected chi connectivity index (χ4v) is 4.34. The van der Waals surface area contributed by atoms with E-state index < -0.39 is 0 Å². The average Bonchev–Trinajstić information content (AvgIpc) is 3.06. The van der Waals surface area contributed by atoms with Crippen molar-refractivity contribution in [2.24, 2.45) is 11.8 Å². The number of rotatable bonds is 8. The van der Waals surface area contributed by atoms with Gasteiger partial charge in [-0.15, -0.1) is 0 Å². The normalized spacial score (nSPS) is 19.8. The molecule has 0 saturated carbocycles. The van der Waals surface area contributed by atoms with Gasteiger partial charge in [-0.05, 0) is 54.7 Å². The Morgan fingerprint density at radius 2 is 1.93 bits per heavy atom. The van der Waals surface area contributed by atoms with Crippen LogP contribution < -0.4 is 10.1 Å². The lowest BCUT2D eigenvalue weighted by molar-refractivity contribution is -0.121. The smallest absolute Gasteiger partial charge is 0.221 e. The number of benzene rings is 1. The van der Waals surface area contributed by atoms with Gasteiger partial charge < -0.3 is 15.0 Å². The number of likely N-dealkylation sites (tertiary alicyclic amines) is 1. The third-order valence-electron chi connectivity index (χ3n) is 5.36. The lowest BCUT2D eigenvalue weighted by Gasteiger charge is -2.34. The lowest BCUT2D eigenvalue weighted by atomic mass is 9.92. The number of methoxy groups -OCH3 is 1. The molecule has 1 aromatic carbocycles. The maximum absolute atomic E-state index is 12.3. The van der Waals surface area contributed by atoms with Gasteiger partial charge in [0.2, 0.25) is 5.91 Å². The van der Waals surface area contributed by atoms with Crippen LogP contribution in [-0.2, 0) is 11.3 Å². The largest absolute Gasteiger partial charge is 0.497 e. The molecule has 1 amide bonds. The van der Waals surface area contributed by atoms with Gasteiger partial charge in [0.05, 0.1) is 7.11 Å². The lowest BCUT2D eigenvalue weighted by Crippen LogP contribution is -2.42. The Labute approximate surface area is 177 Å². The van der Waals surface area contributed by atoms with Crippen molar-refractivity contribution in [1.29, 1.82) is 0 Å². The summed E-state index contributed by atoms with van der Waals surface area (Å²) in [5.41, 5.74) is 0.923. The quantitative estimate of drug-likeness (QED) is 0.646. The standard InChI is InChI=1S/C21H31N5O2S/c1-15-12-16(2)14-25(13-15)11-9-22-19(27)8-10-26-20(23-24-21(26)29)17-4-6-18(28-3)7-5-17/h4-7,15-16H,8-14H2,1-3H3,(H,22,27)(H,24,29). The van der Waals surface area contributed by atoms with Crippen LogP contribution in [-0.4, -0.2) is 58.9 Å². The highest BCUT2D eigenvalue weighted by molar-refractivity contribution is 7.71. The van der Waals surface area contributed by atoms with Crippen molar-refractivity contribution in [1.82, 2.24) is 25.0 Å². The molecule has 0 aliphatic carbocycles. The first-order valence-corrected chi connectivity index (χ1v) is 10.7. The molecule has 29 heavy (non-hydrogen) atoms. The molecular weight excluding hydrogens is 386 g/mol. The number of carbonyl (C=O) groups excluding carboxylic acids is 1. The topological polar surface area (TPSA) is 75.2 Å². The second kappa shape index (κ2) is 10.0. The number of piperidine rings is 1. The van der Waals surface area contributed by atoms with Gasteiger partial charge in [-0.2, -0.15) is 5.10 Å². The Bertz CT molecular complexity index is 851. The number of amides is 1. The molecule has 2 aromatic rings. The maximum Gasteiger partial charge on any atom is 0.221 e. The summed E-state index contributed by atoms with van der Waals surface area (Å²) in [6.45, 7) is 8.92. The molecule has 0 spiro atoms. The summed E-state index contributed by atoms with van der Waals surface area (Å²) < 4.78 is 7.58. The molecule has 0 bridgehead atoms. The van der Waals surface area contributed by atoms with E-state index in [0.717, 1.165) is 48.6 Å². The van der Waals surface area contributed by atoms with Crippen LogP contribution in [0.15, 0.2) is 24.3 Å². The van der Waals surface area contributed by atoms with Gasteiger partial charge >= 0.3 is 0 Å². The fraction of sp³-hybridized carbons (Fsp3) is 0.571. The van der Waals surface area contributed by atoms with Crippen molar-refractivity contribution in [3.8, 4) is 17.1 Å². The summed E-state index contributed by atoms with van der Waals surface area (Å²) in [6, 6.07) is 7.63. The molecule has 3 rings (SSSR count). The minimum atomic E-state index is 0.0342. The maximum atomic E-state index is 12.3. The Morgan fingerprint density at radius 1 is 1.24 bits per heavy atom. The first-order chi connectivity index (χ1) is 14.0. The molecule has 1 fully saturated rings. The summed E-state index contributed by atoms with van der Waals surface area (Å²) in [6.07, 6.45) is 1.66. The number of aromatic nitrogens is 3. The SMILES string of the molecule is COc1ccc(-c2n[nH]c(=S)n2CCC(=O)NCCN2CC(C)CC(C)C2)cc1. The molecular formula is C21H31N5O2S. The van der Waals surface area contributed by atoms with E-state index >= 15 is 0 Å². The zero-order chi connectivity index (χ0) is 20.8. The van der Waals surface area contributed by atoms with Gasteiger partial charge in [-0.25, -0.2) is 0 Å². The summed E-state index contributed by atoms with van der Waals surface area (Å²) >= 11 is 5.35. The molecule has 1 aliphatic rings. The zero-order valence-corrected chi connectivity index (χ0v) is 18.3. The Kier molecular flexibility index (Phi) is 7.44. The highest BCUT2D eigenvalue weighted by Crippen LogP contribution is 2.21. The summed E-state index contributed by atoms with van der Waals surface area (Å²) in [5, 5.41) is 10.2. The van der Waals surface area contributed by atoms with Crippen LogP contribution in [0.4, 0.5) is 0 Å². The Morgan fingerprint density at radius 3 is 2.59 bits per heavy atom. The van der Waals surface area contributed by atoms with Crippen molar-refractivity contribution < 1.29 is 9.53 Å². The van der Waals surface area contributed by atoms with E-state index in [-0.39, 0.29) is 5.91 Å². The second-order valence-corrected chi connectivity index (χ2v) is 8.42. The van der Waals surface area contributed by atoms with Crippen molar-refractivity contribution in [2.75, 3.05) is 33.3 Å². The first-order valence-electron chi connectivity index (χ1n) is 10.2. The number of hydrogen-bond acceptors (Lipinski definition) is 5. The minimum Gasteiger partial charge on any atom is -0.497 e. The van der Waals surface area contributed by atoms with E-state index in [1.165, 1.54) is 6.42 Å². The second-order valence-electron chi connectivity index (χ2n) is 8.04. The highest BCUT2D eigenvalue weighted by Gasteiger charge is 2.21. The number of nitrogens with one attached hydrogen (secondary N) is 2. The van der Waals surface area contributed by atoms with E-state index in [1.54, 1.807) is 7.11 Å². The molecule has 1 saturated heterocycles. The van der Waals surface area contributed by atoms with E-state index in [4.69, 9.17) is 17.0 Å². The highest BCUT2D eigenvalue weighted by atomic mass is 32.1. The van der Waals surface area contributed by atoms with Gasteiger partial charge in [0.1, 0.15) is 5.75 Å². The van der Waals surface area contributed by atoms with Crippen LogP contribution in [0.2, 0.25) is 0 Å². The molecule has 2 unspecified atom stereocenters. The number of aromatic amines is 1. The van der Waals surface area contributed by atoms with E-state index in [0.29, 0.717) is 24.3 Å². The van der Waals surface area contributed by atoms with Crippen molar-refractivity contribution in [3.63, 3.8) is 0 Å². The monoisotopic (exact) mass is 417 g/mol. The summed E-state index contributed by atoms with van der Waals surface area (Å²) in [5.74, 6) is 3.00. The minimum absolute atomic E-state index is 0.0342. The van der Waals surface area contributed by atoms with E-state index in [1.807, 2.05) is 28.8 Å². The number of hydrogen-bond donors (Lipinski definition) is 2. The number of H-pyrrole nitrogens is 1. The molecule has 2 atom stereocenters. The third-order valence-corrected chi connectivity index (χ3v) is 5.68. The molecule has 158 valence electrons. The number of nitrogens with zero attached hydrogens (tertiary/aromatic N) is 3. The molecule has 1 aromatic heterocycles. The fourth-order valence-electron chi connectivity index (χ4n) is 4.12. The van der Waals surface area contributed by atoms with Gasteiger partial charge in [-0.3, -0.25) is 14.5 Å². The van der Waals surface area contributed by atoms with E-state index in [9.17, 15) is 4.79 Å². The molecule has 0 radical (unpaired) electrons. The van der Waals surface area contributed by atoms with Crippen molar-refractivity contribution in [3.05, 3.63) is 29.0 Å². The summed E-state index contributed by atoms with van der Waals surface area (Å²) in [4.78, 5) is 14.8. The Balaban J connectivity index is 1.50. The summed E-state index contributed by atoms with van der Waals surface area (Å²) in [7, 11) is 1.64. The number of carbonyl (C=O) groups is 1. The molecule has 2 N–H and O–H groups in total. The zero-order valence-electron chi connectivity index (χ0n) is 17.5. The first kappa shape index (κ1) is 21.5. The van der Waals surface area contributed by atoms with Gasteiger partial charge in [-0.1, -0.05) is 13.8 Å². The number of ether oxygens (including phenoxy) is 1. The van der Waals surface area contributed by atoms with Crippen molar-refractivity contribution in [2.45, 2.75) is 33.2 Å². The predicted octanol–water partition coefficient (Wildman–Crippen LogP) is 3.10. The van der Waals surface area contributed by atoms with E-state index in [2.05, 4.69) is 34.3 Å². The van der Waals surface area contributed by atoms with Gasteiger partial charge in [0.25, 0.3) is 0 Å². The molecule has 1 aliphatic heterocycles. The van der Waals surface area contributed by atoms with Crippen LogP contribution in [0.5, 0.6) is 5.75 Å². The van der Waals surface area contributed by atoms with Crippen LogP contribution >= 0.6 is 12.2 Å². The van der Waals surface area contributed by atoms with Crippen LogP contribution in [0.1, 0.15) is 26.7 Å². The third kappa shape index (κ3) is 5.90. The van der Waals surface area contributed by atoms with Gasteiger partial charge in [0.15, 0.2) is 10.6 Å².